The van der Waals surface area contributed by atoms with Crippen LogP contribution in [0.25, 0.3) is 10.9 Å². The van der Waals surface area contributed by atoms with Gasteiger partial charge in [0.1, 0.15) is 0 Å². The molecule has 1 aliphatic rings. The summed E-state index contributed by atoms with van der Waals surface area (Å²) in [5, 5.41) is 3.44. The summed E-state index contributed by atoms with van der Waals surface area (Å²) in [5.74, 6) is -1.07. The fraction of sp³-hybridized carbons (Fsp3) is 0.250. The third kappa shape index (κ3) is 3.81. The molecule has 6 heteroatoms. The molecule has 0 aliphatic heterocycles. The summed E-state index contributed by atoms with van der Waals surface area (Å²) in [5.41, 5.74) is 4.08. The number of ether oxygens (including phenoxy) is 1. The van der Waals surface area contributed by atoms with Crippen LogP contribution in [-0.4, -0.2) is 28.7 Å². The molecule has 0 saturated heterocycles. The largest absolute Gasteiger partial charge is 0.449 e. The van der Waals surface area contributed by atoms with Gasteiger partial charge < -0.3 is 10.1 Å². The monoisotopic (exact) mass is 402 g/mol. The van der Waals surface area contributed by atoms with Gasteiger partial charge in [-0.05, 0) is 56.9 Å². The number of Topliss-reactive ketones (excluding diaryl/α,β-unsaturated/α-hetero) is 1. The molecular formula is C24H22N2O4. The molecule has 0 fully saturated rings. The molecule has 4 rings (SSSR count). The number of carbonyl (C=O) groups excluding carboxylic acids is 3. The number of aryl methyl sites for hydroxylation is 1. The number of hydrogen-bond donors (Lipinski definition) is 1. The van der Waals surface area contributed by atoms with E-state index >= 15 is 0 Å². The summed E-state index contributed by atoms with van der Waals surface area (Å²) in [6.07, 6.45) is 1.56. The maximum absolute atomic E-state index is 13.1. The highest BCUT2D eigenvalue weighted by Gasteiger charge is 2.27. The molecule has 152 valence electrons. The summed E-state index contributed by atoms with van der Waals surface area (Å²) >= 11 is 0. The second-order valence-electron chi connectivity index (χ2n) is 7.46. The van der Waals surface area contributed by atoms with E-state index in [2.05, 4.69) is 10.3 Å². The van der Waals surface area contributed by atoms with Crippen LogP contribution >= 0.6 is 0 Å². The average Bonchev–Trinajstić information content (AvgIpc) is 3.19. The molecular weight excluding hydrogens is 380 g/mol. The molecule has 30 heavy (non-hydrogen) atoms. The molecule has 1 N–H and O–H groups in total. The fourth-order valence-corrected chi connectivity index (χ4v) is 3.78. The number of pyridine rings is 1. The molecule has 3 aromatic rings. The summed E-state index contributed by atoms with van der Waals surface area (Å²) in [6.45, 7) is 2.99. The quantitative estimate of drug-likeness (QED) is 0.513. The highest BCUT2D eigenvalue weighted by Crippen LogP contribution is 2.30. The number of rotatable bonds is 5. The predicted molar refractivity (Wildman–Crippen MR) is 114 cm³/mol. The van der Waals surface area contributed by atoms with Crippen molar-refractivity contribution in [2.45, 2.75) is 39.2 Å². The molecule has 2 aromatic carbocycles. The van der Waals surface area contributed by atoms with Gasteiger partial charge in [0.15, 0.2) is 11.9 Å². The number of amides is 1. The number of anilines is 1. The van der Waals surface area contributed by atoms with E-state index in [-0.39, 0.29) is 5.78 Å². The number of aromatic nitrogens is 1. The lowest BCUT2D eigenvalue weighted by Crippen LogP contribution is -2.30. The van der Waals surface area contributed by atoms with E-state index in [1.165, 1.54) is 13.8 Å². The summed E-state index contributed by atoms with van der Waals surface area (Å²) in [7, 11) is 0. The Morgan fingerprint density at radius 2 is 1.87 bits per heavy atom. The van der Waals surface area contributed by atoms with Crippen molar-refractivity contribution in [2.75, 3.05) is 5.32 Å². The average molecular weight is 402 g/mol. The summed E-state index contributed by atoms with van der Waals surface area (Å²) in [6, 6.07) is 14.1. The Balaban J connectivity index is 1.55. The van der Waals surface area contributed by atoms with E-state index in [9.17, 15) is 14.4 Å². The highest BCUT2D eigenvalue weighted by atomic mass is 16.5. The number of nitrogens with one attached hydrogen (secondary N) is 1. The molecule has 1 atom stereocenters. The topological polar surface area (TPSA) is 85.4 Å². The van der Waals surface area contributed by atoms with Crippen LogP contribution in [0.1, 0.15) is 52.2 Å². The zero-order chi connectivity index (χ0) is 21.3. The maximum atomic E-state index is 13.1. The van der Waals surface area contributed by atoms with Crippen molar-refractivity contribution in [1.29, 1.82) is 0 Å². The lowest BCUT2D eigenvalue weighted by molar-refractivity contribution is -0.123. The van der Waals surface area contributed by atoms with Crippen LogP contribution in [0.4, 0.5) is 5.69 Å². The Morgan fingerprint density at radius 3 is 2.67 bits per heavy atom. The first-order chi connectivity index (χ1) is 14.4. The minimum absolute atomic E-state index is 0.0935. The standard InChI is InChI=1S/C24H22N2O4/c1-14(27)16-7-5-8-17(13-16)25-23(28)15(2)30-24(29)22-18-9-3-4-11-20(18)26-21-12-6-10-19(21)22/h3-5,7-9,11,13,15H,6,10,12H2,1-2H3,(H,25,28)/t15-/m1/s1. The van der Waals surface area contributed by atoms with E-state index in [1.54, 1.807) is 24.3 Å². The van der Waals surface area contributed by atoms with Gasteiger partial charge in [0.05, 0.1) is 11.1 Å². The van der Waals surface area contributed by atoms with E-state index in [0.29, 0.717) is 16.8 Å². The van der Waals surface area contributed by atoms with Crippen molar-refractivity contribution in [3.63, 3.8) is 0 Å². The van der Waals surface area contributed by atoms with E-state index in [4.69, 9.17) is 4.74 Å². The van der Waals surface area contributed by atoms with Gasteiger partial charge in [-0.2, -0.15) is 0 Å². The Labute approximate surface area is 174 Å². The number of nitrogens with zero attached hydrogens (tertiary/aromatic N) is 1. The van der Waals surface area contributed by atoms with Crippen LogP contribution in [0.5, 0.6) is 0 Å². The first-order valence-electron chi connectivity index (χ1n) is 9.97. The van der Waals surface area contributed by atoms with Crippen molar-refractivity contribution in [2.24, 2.45) is 0 Å². The molecule has 1 aliphatic carbocycles. The summed E-state index contributed by atoms with van der Waals surface area (Å²) in [4.78, 5) is 41.8. The van der Waals surface area contributed by atoms with Gasteiger partial charge in [0, 0.05) is 22.3 Å². The van der Waals surface area contributed by atoms with Crippen molar-refractivity contribution in [3.05, 3.63) is 70.9 Å². The van der Waals surface area contributed by atoms with Crippen molar-refractivity contribution < 1.29 is 19.1 Å². The lowest BCUT2D eigenvalue weighted by Gasteiger charge is -2.16. The van der Waals surface area contributed by atoms with Gasteiger partial charge in [-0.15, -0.1) is 0 Å². The van der Waals surface area contributed by atoms with Gasteiger partial charge >= 0.3 is 5.97 Å². The molecule has 1 heterocycles. The third-order valence-electron chi connectivity index (χ3n) is 5.31. The van der Waals surface area contributed by atoms with Gasteiger partial charge in [0.25, 0.3) is 5.91 Å². The zero-order valence-corrected chi connectivity index (χ0v) is 16.9. The molecule has 0 radical (unpaired) electrons. The molecule has 0 saturated carbocycles. The van der Waals surface area contributed by atoms with Gasteiger partial charge in [-0.1, -0.05) is 30.3 Å². The molecule has 6 nitrogen and oxygen atoms in total. The number of carbonyl (C=O) groups is 3. The second-order valence-corrected chi connectivity index (χ2v) is 7.46. The number of para-hydroxylation sites is 1. The molecule has 0 bridgehead atoms. The Hall–Kier alpha value is -3.54. The van der Waals surface area contributed by atoms with E-state index in [1.807, 2.05) is 24.3 Å². The second kappa shape index (κ2) is 8.06. The first kappa shape index (κ1) is 19.8. The predicted octanol–water partition coefficient (Wildman–Crippen LogP) is 4.11. The van der Waals surface area contributed by atoms with Crippen molar-refractivity contribution >= 4 is 34.3 Å². The lowest BCUT2D eigenvalue weighted by atomic mass is 10.0. The van der Waals surface area contributed by atoms with Crippen LogP contribution in [0.15, 0.2) is 48.5 Å². The normalized spacial score (nSPS) is 13.5. The highest BCUT2D eigenvalue weighted by molar-refractivity contribution is 6.06. The van der Waals surface area contributed by atoms with Crippen LogP contribution in [-0.2, 0) is 22.4 Å². The maximum Gasteiger partial charge on any atom is 0.339 e. The van der Waals surface area contributed by atoms with Crippen molar-refractivity contribution in [3.8, 4) is 0 Å². The third-order valence-corrected chi connectivity index (χ3v) is 5.31. The first-order valence-corrected chi connectivity index (χ1v) is 9.97. The summed E-state index contributed by atoms with van der Waals surface area (Å²) < 4.78 is 5.54. The van der Waals surface area contributed by atoms with Gasteiger partial charge in [-0.25, -0.2) is 4.79 Å². The minimum atomic E-state index is -0.998. The number of ketones is 1. The Morgan fingerprint density at radius 1 is 1.07 bits per heavy atom. The van der Waals surface area contributed by atoms with Crippen LogP contribution in [0.2, 0.25) is 0 Å². The number of benzene rings is 2. The molecule has 0 spiro atoms. The van der Waals surface area contributed by atoms with E-state index < -0.39 is 18.0 Å². The number of fused-ring (bicyclic) bond motifs is 2. The molecule has 1 amide bonds. The molecule has 1 aromatic heterocycles. The van der Waals surface area contributed by atoms with Gasteiger partial charge in [0.2, 0.25) is 0 Å². The zero-order valence-electron chi connectivity index (χ0n) is 16.9. The van der Waals surface area contributed by atoms with Crippen LogP contribution in [0, 0.1) is 0 Å². The van der Waals surface area contributed by atoms with Crippen molar-refractivity contribution in [1.82, 2.24) is 4.98 Å². The number of hydrogen-bond acceptors (Lipinski definition) is 5. The van der Waals surface area contributed by atoms with Crippen LogP contribution in [0.3, 0.4) is 0 Å². The Kier molecular flexibility index (Phi) is 5.31. The van der Waals surface area contributed by atoms with E-state index in [0.717, 1.165) is 41.4 Å². The smallest absolute Gasteiger partial charge is 0.339 e. The fourth-order valence-electron chi connectivity index (χ4n) is 3.78. The van der Waals surface area contributed by atoms with Gasteiger partial charge in [-0.3, -0.25) is 14.6 Å². The minimum Gasteiger partial charge on any atom is -0.449 e. The SMILES string of the molecule is CC(=O)c1cccc(NC(=O)[C@@H](C)OC(=O)c2c3c(nc4ccccc24)CCC3)c1. The number of esters is 1. The Bertz CT molecular complexity index is 1170. The van der Waals surface area contributed by atoms with Crippen LogP contribution < -0.4 is 5.32 Å². The molecule has 0 unspecified atom stereocenters.